The van der Waals surface area contributed by atoms with Gasteiger partial charge in [-0.3, -0.25) is 4.79 Å². The van der Waals surface area contributed by atoms with Gasteiger partial charge in [-0.15, -0.1) is 10.2 Å². The number of carboxylic acids is 1. The third-order valence-corrected chi connectivity index (χ3v) is 2.93. The molecule has 0 atom stereocenters. The second-order valence-corrected chi connectivity index (χ2v) is 4.87. The number of aryl methyl sites for hydroxylation is 1. The molecule has 21 heavy (non-hydrogen) atoms. The molecule has 0 bridgehead atoms. The van der Waals surface area contributed by atoms with E-state index in [9.17, 15) is 4.79 Å². The number of halogens is 1. The van der Waals surface area contributed by atoms with Crippen molar-refractivity contribution in [3.63, 3.8) is 0 Å². The van der Waals surface area contributed by atoms with E-state index < -0.39 is 5.97 Å². The number of nitrogens with zero attached hydrogens (tertiary/aromatic N) is 2. The Morgan fingerprint density at radius 1 is 1.29 bits per heavy atom. The van der Waals surface area contributed by atoms with E-state index >= 15 is 0 Å². The Balaban J connectivity index is 1.76. The molecule has 0 aliphatic heterocycles. The highest BCUT2D eigenvalue weighted by atomic mass is 35.5. The van der Waals surface area contributed by atoms with Crippen LogP contribution >= 0.6 is 11.6 Å². The molecule has 1 heterocycles. The van der Waals surface area contributed by atoms with E-state index in [1.807, 2.05) is 0 Å². The van der Waals surface area contributed by atoms with Crippen LogP contribution in [0.25, 0.3) is 0 Å². The van der Waals surface area contributed by atoms with Crippen LogP contribution in [0.15, 0.2) is 28.7 Å². The highest BCUT2D eigenvalue weighted by Gasteiger charge is 2.07. The molecular weight excluding hydrogens is 296 g/mol. The van der Waals surface area contributed by atoms with E-state index in [-0.39, 0.29) is 13.0 Å². The number of aromatic nitrogens is 2. The third-order valence-electron chi connectivity index (χ3n) is 2.70. The summed E-state index contributed by atoms with van der Waals surface area (Å²) in [5.74, 6) is 0.702. The second-order valence-electron chi connectivity index (χ2n) is 4.44. The highest BCUT2D eigenvalue weighted by molar-refractivity contribution is 6.30. The van der Waals surface area contributed by atoms with Gasteiger partial charge in [0.15, 0.2) is 6.61 Å². The molecule has 0 saturated carbocycles. The van der Waals surface area contributed by atoms with Crippen molar-refractivity contribution < 1.29 is 19.1 Å². The minimum atomic E-state index is -0.795. The van der Waals surface area contributed by atoms with Crippen molar-refractivity contribution in [1.82, 2.24) is 10.2 Å². The maximum absolute atomic E-state index is 10.4. The van der Waals surface area contributed by atoms with Gasteiger partial charge < -0.3 is 14.3 Å². The first-order valence-electron chi connectivity index (χ1n) is 6.55. The minimum absolute atomic E-state index is 0.152. The molecular formula is C14H15ClN2O4. The first-order chi connectivity index (χ1) is 10.1. The molecule has 1 aromatic carbocycles. The zero-order valence-electron chi connectivity index (χ0n) is 11.3. The zero-order valence-corrected chi connectivity index (χ0v) is 12.0. The molecule has 0 radical (unpaired) electrons. The van der Waals surface area contributed by atoms with Gasteiger partial charge in [-0.05, 0) is 31.0 Å². The Bertz CT molecular complexity index is 600. The molecule has 1 aromatic heterocycles. The summed E-state index contributed by atoms with van der Waals surface area (Å²) in [6.07, 6.45) is 2.01. The molecule has 0 aliphatic carbocycles. The summed E-state index contributed by atoms with van der Waals surface area (Å²) in [7, 11) is 0. The number of rotatable bonds is 8. The molecule has 2 aromatic rings. The smallest absolute Gasteiger partial charge is 0.303 e. The van der Waals surface area contributed by atoms with E-state index in [0.717, 1.165) is 0 Å². The Hall–Kier alpha value is -2.08. The number of carbonyl (C=O) groups is 1. The molecule has 0 amide bonds. The number of hydrogen-bond acceptors (Lipinski definition) is 5. The number of hydrogen-bond donors (Lipinski definition) is 1. The van der Waals surface area contributed by atoms with Crippen molar-refractivity contribution in [1.29, 1.82) is 0 Å². The summed E-state index contributed by atoms with van der Waals surface area (Å²) in [5, 5.41) is 16.9. The summed E-state index contributed by atoms with van der Waals surface area (Å²) in [6.45, 7) is 0.169. The lowest BCUT2D eigenvalue weighted by molar-refractivity contribution is -0.137. The maximum atomic E-state index is 10.4. The summed E-state index contributed by atoms with van der Waals surface area (Å²) < 4.78 is 10.9. The predicted octanol–water partition coefficient (Wildman–Crippen LogP) is 3.10. The molecule has 0 fully saturated rings. The molecule has 112 valence electrons. The van der Waals surface area contributed by atoms with Crippen LogP contribution in [0.1, 0.15) is 31.0 Å². The highest BCUT2D eigenvalue weighted by Crippen LogP contribution is 2.18. The number of unbranched alkanes of at least 4 members (excludes halogenated alkanes) is 1. The first kappa shape index (κ1) is 15.3. The Morgan fingerprint density at radius 2 is 2.10 bits per heavy atom. The molecule has 0 aliphatic rings. The summed E-state index contributed by atoms with van der Waals surface area (Å²) in [5.41, 5.74) is 0. The van der Waals surface area contributed by atoms with Crippen LogP contribution in [-0.2, 0) is 17.8 Å². The molecule has 0 spiro atoms. The Morgan fingerprint density at radius 3 is 2.86 bits per heavy atom. The lowest BCUT2D eigenvalue weighted by atomic mass is 10.2. The topological polar surface area (TPSA) is 85.5 Å². The summed E-state index contributed by atoms with van der Waals surface area (Å²) >= 11 is 5.85. The van der Waals surface area contributed by atoms with Crippen molar-refractivity contribution in [3.8, 4) is 5.75 Å². The van der Waals surface area contributed by atoms with Gasteiger partial charge in [-0.1, -0.05) is 17.7 Å². The Kier molecular flexibility index (Phi) is 5.57. The molecule has 1 N–H and O–H groups in total. The van der Waals surface area contributed by atoms with Gasteiger partial charge in [0.1, 0.15) is 5.75 Å². The number of carboxylic acid groups (broad SMARTS) is 1. The van der Waals surface area contributed by atoms with E-state index in [1.54, 1.807) is 24.3 Å². The van der Waals surface area contributed by atoms with Crippen LogP contribution < -0.4 is 4.74 Å². The fourth-order valence-electron chi connectivity index (χ4n) is 1.70. The van der Waals surface area contributed by atoms with Gasteiger partial charge in [0, 0.05) is 17.9 Å². The van der Waals surface area contributed by atoms with E-state index in [4.69, 9.17) is 25.9 Å². The van der Waals surface area contributed by atoms with Crippen LogP contribution in [0.2, 0.25) is 5.02 Å². The standard InChI is InChI=1S/C14H15ClN2O4/c15-10-4-3-5-11(8-10)20-9-13-17-16-12(21-13)6-1-2-7-14(18)19/h3-5,8H,1-2,6-7,9H2,(H,18,19). The van der Waals surface area contributed by atoms with E-state index in [1.165, 1.54) is 0 Å². The number of aliphatic carboxylic acids is 1. The van der Waals surface area contributed by atoms with Gasteiger partial charge in [0.25, 0.3) is 5.89 Å². The van der Waals surface area contributed by atoms with Crippen molar-refractivity contribution in [2.24, 2.45) is 0 Å². The van der Waals surface area contributed by atoms with Crippen molar-refractivity contribution in [2.45, 2.75) is 32.3 Å². The quantitative estimate of drug-likeness (QED) is 0.754. The van der Waals surface area contributed by atoms with E-state index in [2.05, 4.69) is 10.2 Å². The zero-order chi connectivity index (χ0) is 15.1. The third kappa shape index (κ3) is 5.43. The summed E-state index contributed by atoms with van der Waals surface area (Å²) in [6, 6.07) is 7.04. The average molecular weight is 311 g/mol. The average Bonchev–Trinajstić information content (AvgIpc) is 2.89. The molecule has 0 saturated heterocycles. The number of ether oxygens (including phenoxy) is 1. The van der Waals surface area contributed by atoms with Crippen LogP contribution in [0.5, 0.6) is 5.75 Å². The van der Waals surface area contributed by atoms with Crippen molar-refractivity contribution in [3.05, 3.63) is 41.1 Å². The monoisotopic (exact) mass is 310 g/mol. The van der Waals surface area contributed by atoms with Gasteiger partial charge in [0.2, 0.25) is 5.89 Å². The Labute approximate surface area is 126 Å². The molecule has 0 unspecified atom stereocenters. The molecule has 7 heteroatoms. The minimum Gasteiger partial charge on any atom is -0.484 e. The first-order valence-corrected chi connectivity index (χ1v) is 6.92. The van der Waals surface area contributed by atoms with Crippen molar-refractivity contribution >= 4 is 17.6 Å². The largest absolute Gasteiger partial charge is 0.484 e. The lowest BCUT2D eigenvalue weighted by Crippen LogP contribution is -1.95. The summed E-state index contributed by atoms with van der Waals surface area (Å²) in [4.78, 5) is 10.4. The SMILES string of the molecule is O=C(O)CCCCc1nnc(COc2cccc(Cl)c2)o1. The van der Waals surface area contributed by atoms with Crippen LogP contribution in [-0.4, -0.2) is 21.3 Å². The molecule has 2 rings (SSSR count). The van der Waals surface area contributed by atoms with Crippen LogP contribution in [0.3, 0.4) is 0 Å². The van der Waals surface area contributed by atoms with Crippen molar-refractivity contribution in [2.75, 3.05) is 0 Å². The normalized spacial score (nSPS) is 10.5. The lowest BCUT2D eigenvalue weighted by Gasteiger charge is -2.02. The van der Waals surface area contributed by atoms with Gasteiger partial charge in [-0.2, -0.15) is 0 Å². The van der Waals surface area contributed by atoms with E-state index in [0.29, 0.717) is 41.8 Å². The molecule has 6 nitrogen and oxygen atoms in total. The second kappa shape index (κ2) is 7.64. The maximum Gasteiger partial charge on any atom is 0.303 e. The fourth-order valence-corrected chi connectivity index (χ4v) is 1.88. The predicted molar refractivity (Wildman–Crippen MR) is 75.3 cm³/mol. The van der Waals surface area contributed by atoms with Gasteiger partial charge in [-0.25, -0.2) is 0 Å². The van der Waals surface area contributed by atoms with Gasteiger partial charge >= 0.3 is 5.97 Å². The van der Waals surface area contributed by atoms with Crippen LogP contribution in [0.4, 0.5) is 0 Å². The number of benzene rings is 1. The fraction of sp³-hybridized carbons (Fsp3) is 0.357. The van der Waals surface area contributed by atoms with Crippen LogP contribution in [0, 0.1) is 0 Å². The van der Waals surface area contributed by atoms with Gasteiger partial charge in [0.05, 0.1) is 0 Å².